The fourth-order valence-electron chi connectivity index (χ4n) is 6.29. The predicted octanol–water partition coefficient (Wildman–Crippen LogP) is 4.00. The number of hydrogen-bond acceptors (Lipinski definition) is 3. The zero-order chi connectivity index (χ0) is 23.4. The Morgan fingerprint density at radius 3 is 2.76 bits per heavy atom. The van der Waals surface area contributed by atoms with Gasteiger partial charge in [0.25, 0.3) is 0 Å². The average Bonchev–Trinajstić information content (AvgIpc) is 3.22. The Morgan fingerprint density at radius 1 is 1.18 bits per heavy atom. The molecule has 3 amide bonds. The molecule has 2 fully saturated rings. The molecule has 0 unspecified atom stereocenters. The number of carbonyl (C=O) groups excluding carboxylic acids is 2. The number of hydrogen-bond donors (Lipinski definition) is 1. The van der Waals surface area contributed by atoms with Crippen LogP contribution in [0.2, 0.25) is 0 Å². The third-order valence-electron chi connectivity index (χ3n) is 7.96. The molecule has 6 nitrogen and oxygen atoms in total. The first kappa shape index (κ1) is 21.4. The van der Waals surface area contributed by atoms with Gasteiger partial charge in [0.15, 0.2) is 0 Å². The van der Waals surface area contributed by atoms with Gasteiger partial charge in [0, 0.05) is 25.0 Å². The number of piperidine rings is 1. The second-order valence-corrected chi connectivity index (χ2v) is 9.97. The summed E-state index contributed by atoms with van der Waals surface area (Å²) < 4.78 is 19.7. The van der Waals surface area contributed by atoms with Crippen molar-refractivity contribution in [3.63, 3.8) is 0 Å². The number of anilines is 1. The minimum absolute atomic E-state index is 0.00281. The minimum Gasteiger partial charge on any atom is -0.369 e. The number of aryl methyl sites for hydroxylation is 1. The number of ether oxygens (including phenoxy) is 1. The number of nitrogens with zero attached hydrogens (tertiary/aromatic N) is 2. The van der Waals surface area contributed by atoms with E-state index in [9.17, 15) is 14.0 Å². The van der Waals surface area contributed by atoms with E-state index in [2.05, 4.69) is 30.4 Å². The molecule has 0 bridgehead atoms. The highest BCUT2D eigenvalue weighted by atomic mass is 19.1. The zero-order valence-corrected chi connectivity index (χ0v) is 19.3. The topological polar surface area (TPSA) is 61.9 Å². The molecule has 1 spiro atoms. The van der Waals surface area contributed by atoms with E-state index in [1.54, 1.807) is 23.1 Å². The number of fused-ring (bicyclic) bond motifs is 5. The molecule has 0 saturated carbocycles. The summed E-state index contributed by atoms with van der Waals surface area (Å²) in [7, 11) is 0. The summed E-state index contributed by atoms with van der Waals surface area (Å²) in [6, 6.07) is 12.6. The number of likely N-dealkylation sites (tertiary alicyclic amines) is 1. The molecule has 0 radical (unpaired) electrons. The molecule has 34 heavy (non-hydrogen) atoms. The summed E-state index contributed by atoms with van der Waals surface area (Å²) in [6.45, 7) is 4.57. The van der Waals surface area contributed by atoms with Crippen molar-refractivity contribution in [2.45, 2.75) is 32.2 Å². The first-order valence-corrected chi connectivity index (χ1v) is 12.0. The summed E-state index contributed by atoms with van der Waals surface area (Å²) in [5, 5.41) is 2.71. The first-order chi connectivity index (χ1) is 16.4. The Kier molecular flexibility index (Phi) is 4.99. The number of para-hydroxylation sites is 1. The largest absolute Gasteiger partial charge is 0.369 e. The Hall–Kier alpha value is -3.19. The van der Waals surface area contributed by atoms with Crippen LogP contribution in [-0.4, -0.2) is 60.6 Å². The number of morpholine rings is 1. The van der Waals surface area contributed by atoms with Crippen molar-refractivity contribution >= 4 is 23.2 Å². The van der Waals surface area contributed by atoms with Gasteiger partial charge in [-0.3, -0.25) is 4.79 Å². The van der Waals surface area contributed by atoms with Crippen molar-refractivity contribution in [2.75, 3.05) is 38.2 Å². The van der Waals surface area contributed by atoms with Crippen LogP contribution in [0.3, 0.4) is 0 Å². The van der Waals surface area contributed by atoms with E-state index in [4.69, 9.17) is 4.74 Å². The summed E-state index contributed by atoms with van der Waals surface area (Å²) in [6.07, 6.45) is 2.38. The third-order valence-corrected chi connectivity index (χ3v) is 7.96. The Bertz CT molecular complexity index is 1220. The fourth-order valence-corrected chi connectivity index (χ4v) is 6.29. The molecule has 0 aromatic heterocycles. The molecule has 2 aromatic rings. The molecule has 176 valence electrons. The van der Waals surface area contributed by atoms with Gasteiger partial charge in [-0.15, -0.1) is 0 Å². The maximum Gasteiger partial charge on any atom is 0.321 e. The average molecular weight is 462 g/mol. The van der Waals surface area contributed by atoms with E-state index in [0.29, 0.717) is 26.2 Å². The number of benzene rings is 2. The van der Waals surface area contributed by atoms with Gasteiger partial charge in [0.1, 0.15) is 12.4 Å². The summed E-state index contributed by atoms with van der Waals surface area (Å²) in [5.41, 5.74) is 6.54. The molecule has 1 atom stereocenters. The third kappa shape index (κ3) is 3.33. The SMILES string of the molecule is Cc1ccc2c(c1)CC1=C2C2(CCN(C(=O)Nc3ccccc3F)CC2)CN2C(=O)COC[C@H]12. The lowest BCUT2D eigenvalue weighted by Gasteiger charge is -2.52. The van der Waals surface area contributed by atoms with E-state index in [1.807, 2.05) is 4.90 Å². The van der Waals surface area contributed by atoms with Crippen molar-refractivity contribution in [1.82, 2.24) is 9.80 Å². The fraction of sp³-hybridized carbons (Fsp3) is 0.407. The molecule has 3 heterocycles. The number of nitrogens with one attached hydrogen (secondary N) is 1. The Labute approximate surface area is 198 Å². The van der Waals surface area contributed by atoms with Crippen molar-refractivity contribution in [2.24, 2.45) is 5.41 Å². The van der Waals surface area contributed by atoms with E-state index in [1.165, 1.54) is 33.9 Å². The van der Waals surface area contributed by atoms with Gasteiger partial charge in [0.05, 0.1) is 18.3 Å². The number of urea groups is 1. The van der Waals surface area contributed by atoms with Crippen LogP contribution in [0.1, 0.15) is 29.5 Å². The first-order valence-electron chi connectivity index (χ1n) is 12.0. The number of rotatable bonds is 1. The van der Waals surface area contributed by atoms with E-state index >= 15 is 0 Å². The molecule has 6 rings (SSSR count). The molecule has 7 heteroatoms. The van der Waals surface area contributed by atoms with Gasteiger partial charge in [-0.25, -0.2) is 9.18 Å². The summed E-state index contributed by atoms with van der Waals surface area (Å²) in [5.74, 6) is -0.393. The minimum atomic E-state index is -0.443. The quantitative estimate of drug-likeness (QED) is 0.698. The summed E-state index contributed by atoms with van der Waals surface area (Å²) >= 11 is 0. The van der Waals surface area contributed by atoms with Crippen LogP contribution >= 0.6 is 0 Å². The van der Waals surface area contributed by atoms with Gasteiger partial charge < -0.3 is 19.9 Å². The van der Waals surface area contributed by atoms with Crippen LogP contribution in [0.4, 0.5) is 14.9 Å². The highest BCUT2D eigenvalue weighted by molar-refractivity contribution is 5.90. The van der Waals surface area contributed by atoms with Gasteiger partial charge in [-0.05, 0) is 60.6 Å². The van der Waals surface area contributed by atoms with Crippen LogP contribution in [0, 0.1) is 18.2 Å². The van der Waals surface area contributed by atoms with E-state index in [0.717, 1.165) is 19.3 Å². The van der Waals surface area contributed by atoms with Crippen LogP contribution in [0.5, 0.6) is 0 Å². The van der Waals surface area contributed by atoms with Gasteiger partial charge in [-0.2, -0.15) is 0 Å². The highest BCUT2D eigenvalue weighted by Gasteiger charge is 2.51. The molecule has 2 aromatic carbocycles. The van der Waals surface area contributed by atoms with E-state index < -0.39 is 5.82 Å². The monoisotopic (exact) mass is 461 g/mol. The van der Waals surface area contributed by atoms with Gasteiger partial charge in [0.2, 0.25) is 5.91 Å². The summed E-state index contributed by atoms with van der Waals surface area (Å²) in [4.78, 5) is 29.5. The molecule has 1 N–H and O–H groups in total. The van der Waals surface area contributed by atoms with Crippen LogP contribution in [0.15, 0.2) is 48.0 Å². The lowest BCUT2D eigenvalue weighted by Crippen LogP contribution is -2.59. The Morgan fingerprint density at radius 2 is 1.97 bits per heavy atom. The molecule has 4 aliphatic rings. The van der Waals surface area contributed by atoms with Crippen LogP contribution in [0.25, 0.3) is 5.57 Å². The van der Waals surface area contributed by atoms with Crippen molar-refractivity contribution in [3.8, 4) is 0 Å². The second-order valence-electron chi connectivity index (χ2n) is 9.97. The number of carbonyl (C=O) groups is 2. The van der Waals surface area contributed by atoms with Crippen molar-refractivity contribution < 1.29 is 18.7 Å². The molecular weight excluding hydrogens is 433 g/mol. The molecule has 1 aliphatic carbocycles. The molecular formula is C27H28FN3O3. The van der Waals surface area contributed by atoms with Crippen molar-refractivity contribution in [1.29, 1.82) is 0 Å². The second kappa shape index (κ2) is 7.94. The highest BCUT2D eigenvalue weighted by Crippen LogP contribution is 2.55. The lowest BCUT2D eigenvalue weighted by molar-refractivity contribution is -0.149. The lowest BCUT2D eigenvalue weighted by atomic mass is 9.66. The zero-order valence-electron chi connectivity index (χ0n) is 19.3. The Balaban J connectivity index is 1.30. The van der Waals surface area contributed by atoms with E-state index in [-0.39, 0.29) is 35.7 Å². The normalized spacial score (nSPS) is 23.0. The van der Waals surface area contributed by atoms with Crippen molar-refractivity contribution in [3.05, 3.63) is 70.5 Å². The maximum absolute atomic E-state index is 14.0. The van der Waals surface area contributed by atoms with Gasteiger partial charge in [-0.1, -0.05) is 35.9 Å². The predicted molar refractivity (Wildman–Crippen MR) is 127 cm³/mol. The smallest absolute Gasteiger partial charge is 0.321 e. The van der Waals surface area contributed by atoms with Crippen LogP contribution in [-0.2, 0) is 16.0 Å². The molecule has 3 aliphatic heterocycles. The van der Waals surface area contributed by atoms with Gasteiger partial charge >= 0.3 is 6.03 Å². The number of amides is 3. The maximum atomic E-state index is 14.0. The molecule has 2 saturated heterocycles. The van der Waals surface area contributed by atoms with Crippen LogP contribution < -0.4 is 5.32 Å². The number of halogens is 1. The standard InChI is InChI=1S/C27H28FN3O3/c1-17-6-7-19-18(12-17)13-20-23-14-34-15-24(32)31(23)16-27(25(19)20)8-10-30(11-9-27)26(33)29-22-5-3-2-4-21(22)28/h2-7,12,23H,8-11,13-16H2,1H3,(H,29,33)/t23-/m1/s1.